The Morgan fingerprint density at radius 3 is 2.57 bits per heavy atom. The van der Waals surface area contributed by atoms with Crippen molar-refractivity contribution in [2.45, 2.75) is 52.5 Å². The number of nitrogens with one attached hydrogen (secondary N) is 2. The number of guanidine groups is 1. The first kappa shape index (κ1) is 19.1. The van der Waals surface area contributed by atoms with Gasteiger partial charge in [0.1, 0.15) is 5.76 Å². The molecule has 0 radical (unpaired) electrons. The monoisotopic (exact) mass is 322 g/mol. The van der Waals surface area contributed by atoms with Gasteiger partial charge in [-0.05, 0) is 24.5 Å². The molecule has 0 unspecified atom stereocenters. The van der Waals surface area contributed by atoms with E-state index in [4.69, 9.17) is 10.2 Å². The number of primary amides is 1. The molecule has 0 saturated heterocycles. The Bertz CT molecular complexity index is 495. The van der Waals surface area contributed by atoms with Crippen LogP contribution in [0.1, 0.15) is 62.3 Å². The standard InChI is InChI=1S/C17H30N4O2/c1-13(2)8-6-4-5-7-11-20-17(19-3)21-12-14-9-10-15(23-14)16(18)22/h9-10,13H,4-8,11-12H2,1-3H3,(H2,18,22)(H2,19,20,21). The van der Waals surface area contributed by atoms with Crippen LogP contribution in [0.4, 0.5) is 0 Å². The van der Waals surface area contributed by atoms with E-state index in [-0.39, 0.29) is 5.76 Å². The number of nitrogens with two attached hydrogens (primary N) is 1. The minimum Gasteiger partial charge on any atom is -0.454 e. The van der Waals surface area contributed by atoms with Crippen molar-refractivity contribution in [2.75, 3.05) is 13.6 Å². The second-order valence-electron chi connectivity index (χ2n) is 6.08. The van der Waals surface area contributed by atoms with E-state index in [1.807, 2.05) is 0 Å². The Kier molecular flexibility index (Phi) is 8.87. The third-order valence-corrected chi connectivity index (χ3v) is 3.56. The van der Waals surface area contributed by atoms with Crippen molar-refractivity contribution < 1.29 is 9.21 Å². The van der Waals surface area contributed by atoms with Crippen molar-refractivity contribution in [1.82, 2.24) is 10.6 Å². The van der Waals surface area contributed by atoms with Crippen molar-refractivity contribution in [3.63, 3.8) is 0 Å². The number of rotatable bonds is 10. The highest BCUT2D eigenvalue weighted by Gasteiger charge is 2.07. The zero-order chi connectivity index (χ0) is 17.1. The molecular weight excluding hydrogens is 292 g/mol. The average Bonchev–Trinajstić information content (AvgIpc) is 2.98. The van der Waals surface area contributed by atoms with Gasteiger partial charge in [-0.15, -0.1) is 0 Å². The number of aliphatic imine (C=N–C) groups is 1. The van der Waals surface area contributed by atoms with Gasteiger partial charge in [-0.2, -0.15) is 0 Å². The van der Waals surface area contributed by atoms with Crippen LogP contribution in [0.15, 0.2) is 21.5 Å². The number of amides is 1. The molecule has 23 heavy (non-hydrogen) atoms. The molecule has 0 bridgehead atoms. The molecule has 4 N–H and O–H groups in total. The fraction of sp³-hybridized carbons (Fsp3) is 0.647. The third-order valence-electron chi connectivity index (χ3n) is 3.56. The van der Waals surface area contributed by atoms with Crippen LogP contribution in [-0.4, -0.2) is 25.5 Å². The minimum atomic E-state index is -0.559. The van der Waals surface area contributed by atoms with Gasteiger partial charge in [0.15, 0.2) is 11.7 Å². The summed E-state index contributed by atoms with van der Waals surface area (Å²) in [6.45, 7) is 5.89. The SMILES string of the molecule is CN=C(NCCCCCCC(C)C)NCc1ccc(C(N)=O)o1. The second-order valence-corrected chi connectivity index (χ2v) is 6.08. The van der Waals surface area contributed by atoms with E-state index < -0.39 is 5.91 Å². The maximum Gasteiger partial charge on any atom is 0.284 e. The predicted molar refractivity (Wildman–Crippen MR) is 93.4 cm³/mol. The number of carbonyl (C=O) groups is 1. The number of hydrogen-bond donors (Lipinski definition) is 3. The summed E-state index contributed by atoms with van der Waals surface area (Å²) in [5.74, 6) is 1.79. The highest BCUT2D eigenvalue weighted by Crippen LogP contribution is 2.09. The molecule has 0 atom stereocenters. The van der Waals surface area contributed by atoms with Crippen LogP contribution >= 0.6 is 0 Å². The van der Waals surface area contributed by atoms with Crippen molar-refractivity contribution in [1.29, 1.82) is 0 Å². The lowest BCUT2D eigenvalue weighted by molar-refractivity contribution is 0.0972. The van der Waals surface area contributed by atoms with Crippen LogP contribution in [-0.2, 0) is 6.54 Å². The molecule has 0 aliphatic heterocycles. The Hall–Kier alpha value is -1.98. The number of hydrogen-bond acceptors (Lipinski definition) is 3. The minimum absolute atomic E-state index is 0.172. The zero-order valence-corrected chi connectivity index (χ0v) is 14.5. The van der Waals surface area contributed by atoms with Gasteiger partial charge in [-0.1, -0.05) is 39.5 Å². The van der Waals surface area contributed by atoms with E-state index in [1.165, 1.54) is 25.7 Å². The van der Waals surface area contributed by atoms with Crippen molar-refractivity contribution in [3.8, 4) is 0 Å². The van der Waals surface area contributed by atoms with Gasteiger partial charge >= 0.3 is 0 Å². The normalized spacial score (nSPS) is 11.7. The molecule has 0 saturated carbocycles. The topological polar surface area (TPSA) is 92.6 Å². The van der Waals surface area contributed by atoms with Crippen molar-refractivity contribution in [2.24, 2.45) is 16.6 Å². The van der Waals surface area contributed by atoms with E-state index in [0.29, 0.717) is 12.3 Å². The van der Waals surface area contributed by atoms with Gasteiger partial charge in [0.05, 0.1) is 6.54 Å². The first-order valence-electron chi connectivity index (χ1n) is 8.36. The van der Waals surface area contributed by atoms with Crippen LogP contribution in [0, 0.1) is 5.92 Å². The van der Waals surface area contributed by atoms with Crippen LogP contribution in [0.3, 0.4) is 0 Å². The first-order chi connectivity index (χ1) is 11.0. The molecule has 1 amide bonds. The lowest BCUT2D eigenvalue weighted by atomic mass is 10.0. The molecule has 0 fully saturated rings. The summed E-state index contributed by atoms with van der Waals surface area (Å²) in [4.78, 5) is 15.1. The summed E-state index contributed by atoms with van der Waals surface area (Å²) < 4.78 is 5.31. The molecule has 0 aliphatic carbocycles. The molecule has 6 nitrogen and oxygen atoms in total. The molecule has 1 aromatic rings. The quantitative estimate of drug-likeness (QED) is 0.351. The van der Waals surface area contributed by atoms with Gasteiger partial charge in [0.25, 0.3) is 5.91 Å². The summed E-state index contributed by atoms with van der Waals surface area (Å²) in [7, 11) is 1.73. The Labute approximate surface area is 138 Å². The maximum atomic E-state index is 11.0. The zero-order valence-electron chi connectivity index (χ0n) is 14.5. The summed E-state index contributed by atoms with van der Waals surface area (Å²) in [5, 5.41) is 6.42. The maximum absolute atomic E-state index is 11.0. The molecule has 0 aromatic carbocycles. The van der Waals surface area contributed by atoms with E-state index >= 15 is 0 Å². The Morgan fingerprint density at radius 2 is 1.96 bits per heavy atom. The number of furan rings is 1. The molecule has 130 valence electrons. The Morgan fingerprint density at radius 1 is 1.22 bits per heavy atom. The highest BCUT2D eigenvalue weighted by atomic mass is 16.3. The van der Waals surface area contributed by atoms with E-state index in [2.05, 4.69) is 29.5 Å². The molecule has 1 aromatic heterocycles. The van der Waals surface area contributed by atoms with Crippen molar-refractivity contribution in [3.05, 3.63) is 23.7 Å². The number of nitrogens with zero attached hydrogens (tertiary/aromatic N) is 1. The van der Waals surface area contributed by atoms with Gasteiger partial charge in [-0.25, -0.2) is 0 Å². The van der Waals surface area contributed by atoms with E-state index in [0.717, 1.165) is 24.8 Å². The van der Waals surface area contributed by atoms with Gasteiger partial charge in [0, 0.05) is 13.6 Å². The lowest BCUT2D eigenvalue weighted by Crippen LogP contribution is -2.37. The van der Waals surface area contributed by atoms with Crippen molar-refractivity contribution >= 4 is 11.9 Å². The summed E-state index contributed by atoms with van der Waals surface area (Å²) in [6, 6.07) is 3.31. The summed E-state index contributed by atoms with van der Waals surface area (Å²) >= 11 is 0. The summed E-state index contributed by atoms with van der Waals surface area (Å²) in [5.41, 5.74) is 5.15. The molecule has 0 spiro atoms. The van der Waals surface area contributed by atoms with Crippen LogP contribution in [0.2, 0.25) is 0 Å². The van der Waals surface area contributed by atoms with Gasteiger partial charge in [-0.3, -0.25) is 9.79 Å². The van der Waals surface area contributed by atoms with E-state index in [9.17, 15) is 4.79 Å². The van der Waals surface area contributed by atoms with Gasteiger partial charge in [0.2, 0.25) is 0 Å². The second kappa shape index (κ2) is 10.7. The van der Waals surface area contributed by atoms with Crippen LogP contribution < -0.4 is 16.4 Å². The summed E-state index contributed by atoms with van der Waals surface area (Å²) in [6.07, 6.45) is 6.27. The number of unbranched alkanes of at least 4 members (excludes halogenated alkanes) is 3. The molecule has 6 heteroatoms. The fourth-order valence-corrected chi connectivity index (χ4v) is 2.23. The van der Waals surface area contributed by atoms with Crippen LogP contribution in [0.25, 0.3) is 0 Å². The highest BCUT2D eigenvalue weighted by molar-refractivity contribution is 5.89. The first-order valence-corrected chi connectivity index (χ1v) is 8.36. The van der Waals surface area contributed by atoms with Gasteiger partial charge < -0.3 is 20.8 Å². The molecular formula is C17H30N4O2. The predicted octanol–water partition coefficient (Wildman–Crippen LogP) is 2.65. The fourth-order valence-electron chi connectivity index (χ4n) is 2.23. The molecule has 1 heterocycles. The molecule has 1 rings (SSSR count). The third kappa shape index (κ3) is 8.28. The van der Waals surface area contributed by atoms with E-state index in [1.54, 1.807) is 19.2 Å². The average molecular weight is 322 g/mol. The number of carbonyl (C=O) groups excluding carboxylic acids is 1. The smallest absolute Gasteiger partial charge is 0.284 e. The molecule has 0 aliphatic rings. The largest absolute Gasteiger partial charge is 0.454 e. The lowest BCUT2D eigenvalue weighted by Gasteiger charge is -2.11. The van der Waals surface area contributed by atoms with Crippen LogP contribution in [0.5, 0.6) is 0 Å². The Balaban J connectivity index is 2.15.